The smallest absolute Gasteiger partial charge is 0.379 e. The summed E-state index contributed by atoms with van der Waals surface area (Å²) < 4.78 is 43.2. The van der Waals surface area contributed by atoms with Crippen molar-refractivity contribution in [2.24, 2.45) is 0 Å². The highest BCUT2D eigenvalue weighted by molar-refractivity contribution is 6.06. The Morgan fingerprint density at radius 3 is 2.46 bits per heavy atom. The van der Waals surface area contributed by atoms with Crippen LogP contribution in [-0.2, 0) is 10.9 Å². The second kappa shape index (κ2) is 6.60. The lowest BCUT2D eigenvalue weighted by atomic mass is 10.1. The minimum atomic E-state index is -4.53. The topological polar surface area (TPSA) is 42.4 Å². The summed E-state index contributed by atoms with van der Waals surface area (Å²) in [4.78, 5) is 17.8. The molecule has 0 bridgehead atoms. The number of ether oxygens (including phenoxy) is 1. The van der Waals surface area contributed by atoms with Crippen LogP contribution in [0.4, 0.5) is 18.9 Å². The molecule has 1 amide bonds. The van der Waals surface area contributed by atoms with Crippen molar-refractivity contribution in [2.45, 2.75) is 18.6 Å². The molecule has 4 nitrogen and oxygen atoms in total. The zero-order valence-electron chi connectivity index (χ0n) is 12.7. The van der Waals surface area contributed by atoms with E-state index >= 15 is 0 Å². The molecular formula is C17H15F3N2O2. The van der Waals surface area contributed by atoms with E-state index in [1.165, 1.54) is 0 Å². The lowest BCUT2D eigenvalue weighted by Gasteiger charge is -2.28. The van der Waals surface area contributed by atoms with Crippen molar-refractivity contribution in [3.63, 3.8) is 0 Å². The molecule has 126 valence electrons. The fourth-order valence-corrected chi connectivity index (χ4v) is 2.64. The third-order valence-electron chi connectivity index (χ3n) is 3.82. The Labute approximate surface area is 136 Å². The molecule has 7 heteroatoms. The van der Waals surface area contributed by atoms with Crippen LogP contribution in [0.3, 0.4) is 0 Å². The molecule has 3 rings (SSSR count). The van der Waals surface area contributed by atoms with E-state index in [0.29, 0.717) is 25.3 Å². The Bertz CT molecular complexity index is 696. The lowest BCUT2D eigenvalue weighted by Crippen LogP contribution is -2.41. The monoisotopic (exact) mass is 336 g/mol. The molecule has 0 N–H and O–H groups in total. The first-order valence-electron chi connectivity index (χ1n) is 7.46. The third kappa shape index (κ3) is 3.41. The molecule has 1 aliphatic rings. The number of rotatable bonds is 3. The van der Waals surface area contributed by atoms with Crippen molar-refractivity contribution in [2.75, 3.05) is 18.1 Å². The van der Waals surface area contributed by atoms with E-state index in [0.717, 1.165) is 18.3 Å². The van der Waals surface area contributed by atoms with Gasteiger partial charge in [0, 0.05) is 18.5 Å². The maximum atomic E-state index is 12.8. The van der Waals surface area contributed by atoms with Gasteiger partial charge in [-0.2, -0.15) is 13.2 Å². The van der Waals surface area contributed by atoms with Gasteiger partial charge in [0.1, 0.15) is 5.69 Å². The molecule has 2 heterocycles. The SMILES string of the molecule is O=C(c1ccc(C(F)(F)F)nc1)N(c1ccccc1)[C@H]1CCOC1. The largest absolute Gasteiger partial charge is 0.433 e. The first kappa shape index (κ1) is 16.4. The Hall–Kier alpha value is -2.41. The van der Waals surface area contributed by atoms with Crippen LogP contribution >= 0.6 is 0 Å². The van der Waals surface area contributed by atoms with Gasteiger partial charge in [-0.15, -0.1) is 0 Å². The summed E-state index contributed by atoms with van der Waals surface area (Å²) in [6.07, 6.45) is -2.88. The summed E-state index contributed by atoms with van der Waals surface area (Å²) >= 11 is 0. The number of para-hydroxylation sites is 1. The van der Waals surface area contributed by atoms with Gasteiger partial charge in [0.05, 0.1) is 18.2 Å². The Balaban J connectivity index is 1.91. The minimum absolute atomic E-state index is 0.110. The van der Waals surface area contributed by atoms with E-state index in [9.17, 15) is 18.0 Å². The Kier molecular flexibility index (Phi) is 4.53. The second-order valence-electron chi connectivity index (χ2n) is 5.46. The molecule has 1 aromatic heterocycles. The second-order valence-corrected chi connectivity index (χ2v) is 5.46. The maximum absolute atomic E-state index is 12.8. The van der Waals surface area contributed by atoms with Crippen LogP contribution in [-0.4, -0.2) is 30.1 Å². The van der Waals surface area contributed by atoms with Gasteiger partial charge < -0.3 is 9.64 Å². The number of nitrogens with zero attached hydrogens (tertiary/aromatic N) is 2. The number of carbonyl (C=O) groups is 1. The van der Waals surface area contributed by atoms with Crippen LogP contribution in [0.25, 0.3) is 0 Å². The molecule has 0 unspecified atom stereocenters. The van der Waals surface area contributed by atoms with E-state index in [4.69, 9.17) is 4.74 Å². The Morgan fingerprint density at radius 2 is 1.92 bits per heavy atom. The maximum Gasteiger partial charge on any atom is 0.433 e. The number of benzene rings is 1. The Morgan fingerprint density at radius 1 is 1.17 bits per heavy atom. The van der Waals surface area contributed by atoms with Crippen LogP contribution in [0.15, 0.2) is 48.7 Å². The summed E-state index contributed by atoms with van der Waals surface area (Å²) in [5, 5.41) is 0. The van der Waals surface area contributed by atoms with Gasteiger partial charge in [-0.05, 0) is 30.7 Å². The highest BCUT2D eigenvalue weighted by atomic mass is 19.4. The number of alkyl halides is 3. The van der Waals surface area contributed by atoms with Crippen molar-refractivity contribution >= 4 is 11.6 Å². The number of anilines is 1. The molecule has 1 saturated heterocycles. The fraction of sp³-hybridized carbons (Fsp3) is 0.294. The molecule has 0 spiro atoms. The van der Waals surface area contributed by atoms with Crippen molar-refractivity contribution in [1.29, 1.82) is 0 Å². The summed E-state index contributed by atoms with van der Waals surface area (Å²) in [7, 11) is 0. The fourth-order valence-electron chi connectivity index (χ4n) is 2.64. The molecule has 1 atom stereocenters. The first-order valence-corrected chi connectivity index (χ1v) is 7.46. The van der Waals surface area contributed by atoms with Crippen molar-refractivity contribution in [3.05, 3.63) is 59.9 Å². The molecular weight excluding hydrogens is 321 g/mol. The number of aromatic nitrogens is 1. The van der Waals surface area contributed by atoms with E-state index in [-0.39, 0.29) is 11.6 Å². The van der Waals surface area contributed by atoms with E-state index in [1.807, 2.05) is 6.07 Å². The zero-order chi connectivity index (χ0) is 17.2. The van der Waals surface area contributed by atoms with Crippen LogP contribution in [0.2, 0.25) is 0 Å². The highest BCUT2D eigenvalue weighted by Gasteiger charge is 2.33. The van der Waals surface area contributed by atoms with Crippen molar-refractivity contribution in [1.82, 2.24) is 4.98 Å². The highest BCUT2D eigenvalue weighted by Crippen LogP contribution is 2.28. The summed E-state index contributed by atoms with van der Waals surface area (Å²) in [5.41, 5.74) is -0.230. The molecule has 2 aromatic rings. The molecule has 0 aliphatic carbocycles. The van der Waals surface area contributed by atoms with Gasteiger partial charge in [0.15, 0.2) is 0 Å². The molecule has 1 fully saturated rings. The van der Waals surface area contributed by atoms with Crippen LogP contribution in [0.5, 0.6) is 0 Å². The zero-order valence-corrected chi connectivity index (χ0v) is 12.7. The van der Waals surface area contributed by atoms with E-state index in [2.05, 4.69) is 4.98 Å². The predicted octanol–water partition coefficient (Wildman–Crippen LogP) is 3.54. The minimum Gasteiger partial charge on any atom is -0.379 e. The average Bonchev–Trinajstić information content (AvgIpc) is 3.09. The van der Waals surface area contributed by atoms with Gasteiger partial charge >= 0.3 is 6.18 Å². The van der Waals surface area contributed by atoms with Gasteiger partial charge in [-0.25, -0.2) is 0 Å². The first-order chi connectivity index (χ1) is 11.5. The average molecular weight is 336 g/mol. The number of hydrogen-bond acceptors (Lipinski definition) is 3. The van der Waals surface area contributed by atoms with E-state index < -0.39 is 17.8 Å². The molecule has 24 heavy (non-hydrogen) atoms. The number of hydrogen-bond donors (Lipinski definition) is 0. The van der Waals surface area contributed by atoms with Crippen LogP contribution < -0.4 is 4.90 Å². The number of pyridine rings is 1. The molecule has 0 saturated carbocycles. The van der Waals surface area contributed by atoms with Gasteiger partial charge in [-0.1, -0.05) is 18.2 Å². The summed E-state index contributed by atoms with van der Waals surface area (Å²) in [5.74, 6) is -0.391. The molecule has 0 radical (unpaired) electrons. The van der Waals surface area contributed by atoms with E-state index in [1.54, 1.807) is 29.2 Å². The van der Waals surface area contributed by atoms with Gasteiger partial charge in [0.2, 0.25) is 0 Å². The van der Waals surface area contributed by atoms with Crippen molar-refractivity contribution in [3.8, 4) is 0 Å². The summed E-state index contributed by atoms with van der Waals surface area (Å²) in [6.45, 7) is 0.946. The quantitative estimate of drug-likeness (QED) is 0.861. The van der Waals surface area contributed by atoms with Crippen LogP contribution in [0.1, 0.15) is 22.5 Å². The third-order valence-corrected chi connectivity index (χ3v) is 3.82. The number of amides is 1. The lowest BCUT2D eigenvalue weighted by molar-refractivity contribution is -0.141. The summed E-state index contributed by atoms with van der Waals surface area (Å²) in [6, 6.07) is 10.8. The molecule has 1 aromatic carbocycles. The van der Waals surface area contributed by atoms with Crippen LogP contribution in [0, 0.1) is 0 Å². The standard InChI is InChI=1S/C17H15F3N2O2/c18-17(19,20)15-7-6-12(10-21-15)16(23)22(14-8-9-24-11-14)13-4-2-1-3-5-13/h1-7,10,14H,8-9,11H2/t14-/m0/s1. The van der Waals surface area contributed by atoms with Gasteiger partial charge in [0.25, 0.3) is 5.91 Å². The van der Waals surface area contributed by atoms with Crippen molar-refractivity contribution < 1.29 is 22.7 Å². The normalized spacial score (nSPS) is 17.7. The number of halogens is 3. The van der Waals surface area contributed by atoms with Gasteiger partial charge in [-0.3, -0.25) is 9.78 Å². The number of carbonyl (C=O) groups excluding carboxylic acids is 1. The predicted molar refractivity (Wildman–Crippen MR) is 81.7 cm³/mol. The molecule has 1 aliphatic heterocycles.